The second-order valence-corrected chi connectivity index (χ2v) is 13.9. The maximum Gasteiger partial charge on any atom is 0.204 e. The van der Waals surface area contributed by atoms with Crippen LogP contribution in [0.5, 0.6) is 63.2 Å². The summed E-state index contributed by atoms with van der Waals surface area (Å²) in [5.41, 5.74) is 8.13. The summed E-state index contributed by atoms with van der Waals surface area (Å²) in [5.74, 6) is 5.66. The van der Waals surface area contributed by atoms with E-state index in [1.54, 1.807) is 49.8 Å². The Labute approximate surface area is 316 Å². The molecule has 3 aliphatic rings. The van der Waals surface area contributed by atoms with Gasteiger partial charge in [0.1, 0.15) is 5.75 Å². The fourth-order valence-electron chi connectivity index (χ4n) is 8.64. The Morgan fingerprint density at radius 3 is 1.85 bits per heavy atom. The van der Waals surface area contributed by atoms with Crippen LogP contribution in [0.2, 0.25) is 0 Å². The number of fused-ring (bicyclic) bond motifs is 3. The molecule has 0 saturated carbocycles. The van der Waals surface area contributed by atoms with Crippen LogP contribution in [0, 0.1) is 0 Å². The summed E-state index contributed by atoms with van der Waals surface area (Å²) in [6.07, 6.45) is 2.82. The van der Waals surface area contributed by atoms with Crippen LogP contribution in [0.1, 0.15) is 45.5 Å². The second kappa shape index (κ2) is 14.9. The van der Waals surface area contributed by atoms with Crippen molar-refractivity contribution in [1.29, 1.82) is 0 Å². The van der Waals surface area contributed by atoms with Crippen LogP contribution in [-0.4, -0.2) is 99.0 Å². The standard InChI is InChI=1S/C42H50N2O10/c1-43-13-11-24-27(20-35(49-6)40(51-8)38(24)45)28(43)16-23-18-34(32(48-5)21-30(23)46-3)54-33-17-22-15-29-36-25(12-14-44(29)2)39(50-7)42(53-10)41(52-9)37(36)26(22)19-31(33)47-4/h17-21,28-29,45H,11-16H2,1-10H3. The first kappa shape index (κ1) is 37.1. The minimum absolute atomic E-state index is 0.0988. The summed E-state index contributed by atoms with van der Waals surface area (Å²) < 4.78 is 53.6. The number of ether oxygens (including phenoxy) is 9. The van der Waals surface area contributed by atoms with Crippen molar-refractivity contribution in [1.82, 2.24) is 9.80 Å². The third-order valence-corrected chi connectivity index (χ3v) is 11.4. The Bertz CT molecular complexity index is 2080. The minimum atomic E-state index is -0.101. The molecule has 4 aromatic carbocycles. The molecule has 2 atom stereocenters. The summed E-state index contributed by atoms with van der Waals surface area (Å²) in [4.78, 5) is 4.66. The van der Waals surface area contributed by atoms with E-state index in [4.69, 9.17) is 42.6 Å². The van der Waals surface area contributed by atoms with Gasteiger partial charge in [-0.3, -0.25) is 9.80 Å². The fourth-order valence-corrected chi connectivity index (χ4v) is 8.64. The van der Waals surface area contributed by atoms with Crippen LogP contribution in [0.15, 0.2) is 30.3 Å². The molecule has 4 aromatic rings. The smallest absolute Gasteiger partial charge is 0.204 e. The van der Waals surface area contributed by atoms with E-state index < -0.39 is 0 Å². The van der Waals surface area contributed by atoms with Gasteiger partial charge in [-0.2, -0.15) is 0 Å². The summed E-state index contributed by atoms with van der Waals surface area (Å²) in [6.45, 7) is 1.63. The number of phenols is 1. The molecular formula is C42H50N2O10. The SMILES string of the molecule is COc1cc(OC)c(Oc2cc3c(cc2OC)-c2c(OC)c(OC)c(OC)c4c2C(C3)N(C)CC4)cc1CC1c2cc(OC)c(OC)c(O)c2CCN1C. The number of aromatic hydroxyl groups is 1. The number of phenolic OH excluding ortho intramolecular Hbond substituents is 1. The molecule has 0 bridgehead atoms. The van der Waals surface area contributed by atoms with Crippen molar-refractivity contribution in [3.63, 3.8) is 0 Å². The average molecular weight is 743 g/mol. The zero-order valence-corrected chi connectivity index (χ0v) is 32.8. The van der Waals surface area contributed by atoms with Gasteiger partial charge in [-0.25, -0.2) is 0 Å². The molecule has 1 aliphatic carbocycles. The lowest BCUT2D eigenvalue weighted by molar-refractivity contribution is 0.222. The number of benzene rings is 4. The molecule has 288 valence electrons. The maximum absolute atomic E-state index is 11.2. The van der Waals surface area contributed by atoms with E-state index in [2.05, 4.69) is 30.0 Å². The number of nitrogens with zero attached hydrogens (tertiary/aromatic N) is 2. The molecular weight excluding hydrogens is 692 g/mol. The lowest BCUT2D eigenvalue weighted by Crippen LogP contribution is -2.36. The molecule has 0 amide bonds. The van der Waals surface area contributed by atoms with Crippen molar-refractivity contribution in [2.45, 2.75) is 37.8 Å². The average Bonchev–Trinajstić information content (AvgIpc) is 3.19. The highest BCUT2D eigenvalue weighted by atomic mass is 16.5. The molecule has 0 spiro atoms. The maximum atomic E-state index is 11.2. The van der Waals surface area contributed by atoms with Gasteiger partial charge in [0.25, 0.3) is 0 Å². The van der Waals surface area contributed by atoms with Gasteiger partial charge < -0.3 is 47.7 Å². The van der Waals surface area contributed by atoms with Gasteiger partial charge >= 0.3 is 0 Å². The Morgan fingerprint density at radius 2 is 1.20 bits per heavy atom. The van der Waals surface area contributed by atoms with E-state index in [-0.39, 0.29) is 17.8 Å². The minimum Gasteiger partial charge on any atom is -0.504 e. The van der Waals surface area contributed by atoms with E-state index >= 15 is 0 Å². The largest absolute Gasteiger partial charge is 0.504 e. The quantitative estimate of drug-likeness (QED) is 0.165. The molecule has 12 nitrogen and oxygen atoms in total. The van der Waals surface area contributed by atoms with Gasteiger partial charge in [-0.15, -0.1) is 0 Å². The summed E-state index contributed by atoms with van der Waals surface area (Å²) >= 11 is 0. The van der Waals surface area contributed by atoms with Gasteiger partial charge in [0.2, 0.25) is 11.5 Å². The van der Waals surface area contributed by atoms with E-state index in [0.29, 0.717) is 64.6 Å². The lowest BCUT2D eigenvalue weighted by atomic mass is 9.76. The zero-order chi connectivity index (χ0) is 38.4. The number of methoxy groups -OCH3 is 8. The Morgan fingerprint density at radius 1 is 0.593 bits per heavy atom. The van der Waals surface area contributed by atoms with Crippen LogP contribution < -0.4 is 42.6 Å². The monoisotopic (exact) mass is 742 g/mol. The van der Waals surface area contributed by atoms with Crippen LogP contribution in [0.4, 0.5) is 0 Å². The van der Waals surface area contributed by atoms with E-state index in [1.165, 1.54) is 12.7 Å². The third kappa shape index (κ3) is 5.92. The Hall–Kier alpha value is -5.20. The Kier molecular flexibility index (Phi) is 10.3. The first-order valence-electron chi connectivity index (χ1n) is 18.0. The van der Waals surface area contributed by atoms with E-state index in [9.17, 15) is 5.11 Å². The molecule has 2 heterocycles. The summed E-state index contributed by atoms with van der Waals surface area (Å²) in [5, 5.41) is 11.2. The second-order valence-electron chi connectivity index (χ2n) is 13.9. The molecule has 54 heavy (non-hydrogen) atoms. The molecule has 0 aromatic heterocycles. The first-order valence-corrected chi connectivity index (χ1v) is 18.0. The molecule has 0 radical (unpaired) electrons. The fraction of sp³-hybridized carbons (Fsp3) is 0.429. The van der Waals surface area contributed by atoms with Crippen LogP contribution in [0.25, 0.3) is 11.1 Å². The number of likely N-dealkylation sites (N-methyl/N-ethyl adjacent to an activating group) is 2. The number of hydrogen-bond donors (Lipinski definition) is 1. The molecule has 12 heteroatoms. The van der Waals surface area contributed by atoms with Crippen LogP contribution in [0.3, 0.4) is 0 Å². The number of hydrogen-bond acceptors (Lipinski definition) is 12. The lowest BCUT2D eigenvalue weighted by Gasteiger charge is -2.41. The molecule has 0 saturated heterocycles. The highest BCUT2D eigenvalue weighted by Gasteiger charge is 2.40. The summed E-state index contributed by atoms with van der Waals surface area (Å²) in [7, 11) is 17.2. The summed E-state index contributed by atoms with van der Waals surface area (Å²) in [6, 6.07) is 9.87. The normalized spacial score (nSPS) is 17.4. The van der Waals surface area contributed by atoms with Crippen molar-refractivity contribution in [3.8, 4) is 74.4 Å². The van der Waals surface area contributed by atoms with E-state index in [1.807, 2.05) is 24.3 Å². The van der Waals surface area contributed by atoms with Crippen molar-refractivity contribution in [3.05, 3.63) is 63.7 Å². The Balaban J connectivity index is 1.32. The van der Waals surface area contributed by atoms with Crippen molar-refractivity contribution in [2.75, 3.05) is 84.1 Å². The van der Waals surface area contributed by atoms with Gasteiger partial charge in [0.15, 0.2) is 46.0 Å². The van der Waals surface area contributed by atoms with Crippen molar-refractivity contribution in [2.24, 2.45) is 0 Å². The molecule has 1 N–H and O–H groups in total. The van der Waals surface area contributed by atoms with Crippen molar-refractivity contribution >= 4 is 0 Å². The van der Waals surface area contributed by atoms with Gasteiger partial charge in [-0.05, 0) is 91.9 Å². The number of rotatable bonds is 12. The predicted octanol–water partition coefficient (Wildman–Crippen LogP) is 6.78. The van der Waals surface area contributed by atoms with Crippen molar-refractivity contribution < 1.29 is 47.7 Å². The van der Waals surface area contributed by atoms with Crippen LogP contribution >= 0.6 is 0 Å². The van der Waals surface area contributed by atoms with E-state index in [0.717, 1.165) is 70.6 Å². The van der Waals surface area contributed by atoms with Crippen LogP contribution in [-0.2, 0) is 25.7 Å². The first-order chi connectivity index (χ1) is 26.2. The molecule has 7 rings (SSSR count). The topological polar surface area (TPSA) is 110 Å². The highest BCUT2D eigenvalue weighted by molar-refractivity contribution is 5.87. The predicted molar refractivity (Wildman–Crippen MR) is 204 cm³/mol. The third-order valence-electron chi connectivity index (χ3n) is 11.4. The van der Waals surface area contributed by atoms with Gasteiger partial charge in [0.05, 0.1) is 56.9 Å². The van der Waals surface area contributed by atoms with Gasteiger partial charge in [-0.1, -0.05) is 0 Å². The molecule has 0 fully saturated rings. The highest BCUT2D eigenvalue weighted by Crippen LogP contribution is 2.58. The van der Waals surface area contributed by atoms with Gasteiger partial charge in [0, 0.05) is 47.9 Å². The molecule has 2 unspecified atom stereocenters. The zero-order valence-electron chi connectivity index (χ0n) is 32.8. The molecule has 2 aliphatic heterocycles.